The maximum absolute atomic E-state index is 10.9. The molecule has 5 heteroatoms. The number of nitrogens with one attached hydrogen (secondary N) is 1. The number of unbranched alkanes of at least 4 members (excludes halogenated alkanes) is 1. The second-order valence-electron chi connectivity index (χ2n) is 6.64. The van der Waals surface area contributed by atoms with Crippen LogP contribution >= 0.6 is 0 Å². The first-order chi connectivity index (χ1) is 11.7. The Hall–Kier alpha value is -2.48. The number of benzene rings is 1. The van der Waals surface area contributed by atoms with Crippen LogP contribution in [0.25, 0.3) is 10.9 Å². The van der Waals surface area contributed by atoms with Crippen LogP contribution in [0.15, 0.2) is 24.4 Å². The summed E-state index contributed by atoms with van der Waals surface area (Å²) in [5, 5.41) is 19.2. The van der Waals surface area contributed by atoms with E-state index in [1.165, 1.54) is 23.3 Å². The number of likely N-dealkylation sites (tertiary alicyclic amines) is 1. The molecule has 0 atom stereocenters. The van der Waals surface area contributed by atoms with Crippen molar-refractivity contribution in [1.82, 2.24) is 9.88 Å². The Kier molecular flexibility index (Phi) is 5.05. The summed E-state index contributed by atoms with van der Waals surface area (Å²) < 4.78 is 0. The Morgan fingerprint density at radius 3 is 2.83 bits per heavy atom. The Morgan fingerprint density at radius 1 is 1.33 bits per heavy atom. The molecule has 3 rings (SSSR count). The lowest BCUT2D eigenvalue weighted by molar-refractivity contribution is 0.122. The number of fused-ring (bicyclic) bond motifs is 1. The quantitative estimate of drug-likeness (QED) is 0.811. The lowest BCUT2D eigenvalue weighted by Gasteiger charge is -2.29. The van der Waals surface area contributed by atoms with Gasteiger partial charge in [0.1, 0.15) is 0 Å². The van der Waals surface area contributed by atoms with Gasteiger partial charge in [-0.15, -0.1) is 0 Å². The molecule has 1 saturated heterocycles. The summed E-state index contributed by atoms with van der Waals surface area (Å²) in [7, 11) is 0. The zero-order chi connectivity index (χ0) is 16.9. The molecule has 0 radical (unpaired) electrons. The van der Waals surface area contributed by atoms with Gasteiger partial charge in [0, 0.05) is 30.2 Å². The topological polar surface area (TPSA) is 80.1 Å². The molecule has 1 aromatic carbocycles. The summed E-state index contributed by atoms with van der Waals surface area (Å²) in [6, 6.07) is 7.96. The molecule has 0 unspecified atom stereocenters. The van der Waals surface area contributed by atoms with Crippen molar-refractivity contribution < 1.29 is 9.90 Å². The van der Waals surface area contributed by atoms with E-state index in [0.29, 0.717) is 24.6 Å². The molecular weight excluding hydrogens is 302 g/mol. The number of rotatable bonds is 5. The van der Waals surface area contributed by atoms with Crippen LogP contribution in [0.4, 0.5) is 4.79 Å². The van der Waals surface area contributed by atoms with E-state index in [9.17, 15) is 4.79 Å². The highest BCUT2D eigenvalue weighted by atomic mass is 16.4. The maximum atomic E-state index is 10.9. The first kappa shape index (κ1) is 16.4. The van der Waals surface area contributed by atoms with Crippen LogP contribution in [0.3, 0.4) is 0 Å². The Labute approximate surface area is 141 Å². The molecule has 5 nitrogen and oxygen atoms in total. The molecule has 0 spiro atoms. The maximum Gasteiger partial charge on any atom is 0.407 e. The van der Waals surface area contributed by atoms with E-state index >= 15 is 0 Å². The van der Waals surface area contributed by atoms with Gasteiger partial charge in [-0.05, 0) is 55.4 Å². The van der Waals surface area contributed by atoms with Crippen LogP contribution in [0.2, 0.25) is 0 Å². The average molecular weight is 325 g/mol. The SMILES string of the molecule is N#Cc1ccc2[nH]cc(CCCCC3CCN(C(=O)O)CC3)c2c1. The Balaban J connectivity index is 1.46. The Bertz CT molecular complexity index is 752. The summed E-state index contributed by atoms with van der Waals surface area (Å²) in [5.41, 5.74) is 3.07. The van der Waals surface area contributed by atoms with Crippen molar-refractivity contribution in [2.24, 2.45) is 5.92 Å². The van der Waals surface area contributed by atoms with Crippen LogP contribution < -0.4 is 0 Å². The van der Waals surface area contributed by atoms with Gasteiger partial charge in [0.05, 0.1) is 11.6 Å². The molecule has 1 fully saturated rings. The summed E-state index contributed by atoms with van der Waals surface area (Å²) >= 11 is 0. The Morgan fingerprint density at radius 2 is 2.12 bits per heavy atom. The van der Waals surface area contributed by atoms with E-state index in [4.69, 9.17) is 10.4 Å². The molecule has 1 amide bonds. The number of carbonyl (C=O) groups is 1. The number of aromatic amines is 1. The van der Waals surface area contributed by atoms with Gasteiger partial charge >= 0.3 is 6.09 Å². The van der Waals surface area contributed by atoms with Gasteiger partial charge in [0.2, 0.25) is 0 Å². The van der Waals surface area contributed by atoms with Crippen molar-refractivity contribution >= 4 is 17.0 Å². The highest BCUT2D eigenvalue weighted by Gasteiger charge is 2.21. The minimum absolute atomic E-state index is 0.661. The van der Waals surface area contributed by atoms with Gasteiger partial charge in [0.25, 0.3) is 0 Å². The molecule has 1 aliphatic heterocycles. The molecule has 0 aliphatic carbocycles. The molecule has 1 aliphatic rings. The number of hydrogen-bond donors (Lipinski definition) is 2. The van der Waals surface area contributed by atoms with Gasteiger partial charge in [-0.25, -0.2) is 4.79 Å². The molecule has 126 valence electrons. The molecule has 24 heavy (non-hydrogen) atoms. The number of carboxylic acid groups (broad SMARTS) is 1. The molecule has 2 N–H and O–H groups in total. The number of amides is 1. The highest BCUT2D eigenvalue weighted by molar-refractivity contribution is 5.84. The zero-order valence-corrected chi connectivity index (χ0v) is 13.8. The standard InChI is InChI=1S/C19H23N3O2/c20-12-15-5-6-18-17(11-15)16(13-21-18)4-2-1-3-14-7-9-22(10-8-14)19(23)24/h5-6,11,13-14,21H,1-4,7-10H2,(H,23,24). The van der Waals surface area contributed by atoms with E-state index in [2.05, 4.69) is 17.3 Å². The first-order valence-corrected chi connectivity index (χ1v) is 8.65. The van der Waals surface area contributed by atoms with Crippen molar-refractivity contribution in [3.8, 4) is 6.07 Å². The fraction of sp³-hybridized carbons (Fsp3) is 0.474. The van der Waals surface area contributed by atoms with Gasteiger partial charge in [-0.1, -0.05) is 12.8 Å². The van der Waals surface area contributed by atoms with Gasteiger partial charge in [-0.3, -0.25) is 0 Å². The van der Waals surface area contributed by atoms with E-state index < -0.39 is 6.09 Å². The summed E-state index contributed by atoms with van der Waals surface area (Å²) in [5.74, 6) is 0.661. The van der Waals surface area contributed by atoms with Crippen molar-refractivity contribution in [2.75, 3.05) is 13.1 Å². The van der Waals surface area contributed by atoms with Crippen molar-refractivity contribution in [1.29, 1.82) is 5.26 Å². The van der Waals surface area contributed by atoms with Crippen LogP contribution in [0.1, 0.15) is 43.2 Å². The third kappa shape index (κ3) is 3.70. The number of aromatic nitrogens is 1. The largest absolute Gasteiger partial charge is 0.465 e. The minimum Gasteiger partial charge on any atom is -0.465 e. The third-order valence-electron chi connectivity index (χ3n) is 5.09. The summed E-state index contributed by atoms with van der Waals surface area (Å²) in [4.78, 5) is 15.7. The highest BCUT2D eigenvalue weighted by Crippen LogP contribution is 2.25. The second-order valence-corrected chi connectivity index (χ2v) is 6.64. The smallest absolute Gasteiger partial charge is 0.407 e. The molecule has 0 saturated carbocycles. The normalized spacial score (nSPS) is 15.5. The van der Waals surface area contributed by atoms with Crippen LogP contribution in [0, 0.1) is 17.2 Å². The van der Waals surface area contributed by atoms with Gasteiger partial charge in [0.15, 0.2) is 0 Å². The zero-order valence-electron chi connectivity index (χ0n) is 13.8. The number of H-pyrrole nitrogens is 1. The number of aryl methyl sites for hydroxylation is 1. The van der Waals surface area contributed by atoms with E-state index in [1.807, 2.05) is 18.2 Å². The average Bonchev–Trinajstić information content (AvgIpc) is 3.01. The molecule has 0 bridgehead atoms. The summed E-state index contributed by atoms with van der Waals surface area (Å²) in [6.45, 7) is 1.36. The van der Waals surface area contributed by atoms with Crippen LogP contribution in [-0.4, -0.2) is 34.2 Å². The van der Waals surface area contributed by atoms with E-state index in [0.717, 1.165) is 36.6 Å². The number of nitrogens with zero attached hydrogens (tertiary/aromatic N) is 2. The number of nitriles is 1. The lowest BCUT2D eigenvalue weighted by atomic mass is 9.91. The van der Waals surface area contributed by atoms with E-state index in [1.54, 1.807) is 0 Å². The predicted molar refractivity (Wildman–Crippen MR) is 92.9 cm³/mol. The fourth-order valence-corrected chi connectivity index (χ4v) is 3.62. The van der Waals surface area contributed by atoms with Crippen LogP contribution in [0.5, 0.6) is 0 Å². The van der Waals surface area contributed by atoms with Crippen LogP contribution in [-0.2, 0) is 6.42 Å². The lowest BCUT2D eigenvalue weighted by Crippen LogP contribution is -2.37. The molecule has 2 heterocycles. The van der Waals surface area contributed by atoms with Crippen molar-refractivity contribution in [2.45, 2.75) is 38.5 Å². The third-order valence-corrected chi connectivity index (χ3v) is 5.09. The van der Waals surface area contributed by atoms with E-state index in [-0.39, 0.29) is 0 Å². The van der Waals surface area contributed by atoms with Crippen molar-refractivity contribution in [3.63, 3.8) is 0 Å². The molecule has 2 aromatic rings. The van der Waals surface area contributed by atoms with Gasteiger partial charge < -0.3 is 15.0 Å². The monoisotopic (exact) mass is 325 g/mol. The number of hydrogen-bond acceptors (Lipinski definition) is 2. The summed E-state index contributed by atoms with van der Waals surface area (Å²) in [6.07, 6.45) is 7.74. The molecule has 1 aromatic heterocycles. The molecular formula is C19H23N3O2. The minimum atomic E-state index is -0.787. The van der Waals surface area contributed by atoms with Crippen molar-refractivity contribution in [3.05, 3.63) is 35.5 Å². The second kappa shape index (κ2) is 7.39. The van der Waals surface area contributed by atoms with Gasteiger partial charge in [-0.2, -0.15) is 5.26 Å². The number of piperidine rings is 1. The fourth-order valence-electron chi connectivity index (χ4n) is 3.62. The first-order valence-electron chi connectivity index (χ1n) is 8.65. The predicted octanol–water partition coefficient (Wildman–Crippen LogP) is 4.14.